The largest absolute Gasteiger partial charge is 0.493 e. The fourth-order valence-corrected chi connectivity index (χ4v) is 2.74. The SMILES string of the molecule is CC(=O)N1CCN(Cc2cccc(OCC(C)C)c2)C[C@H](O)C1. The van der Waals surface area contributed by atoms with Gasteiger partial charge in [0.05, 0.1) is 12.7 Å². The first-order valence-electron chi connectivity index (χ1n) is 8.31. The van der Waals surface area contributed by atoms with Crippen LogP contribution in [0.25, 0.3) is 0 Å². The summed E-state index contributed by atoms with van der Waals surface area (Å²) in [4.78, 5) is 15.4. The van der Waals surface area contributed by atoms with Crippen molar-refractivity contribution >= 4 is 5.91 Å². The van der Waals surface area contributed by atoms with Gasteiger partial charge in [-0.1, -0.05) is 26.0 Å². The molecular formula is C18H28N2O3. The van der Waals surface area contributed by atoms with Crippen molar-refractivity contribution in [2.75, 3.05) is 32.8 Å². The number of hydrogen-bond acceptors (Lipinski definition) is 4. The highest BCUT2D eigenvalue weighted by Gasteiger charge is 2.22. The van der Waals surface area contributed by atoms with Crippen LogP contribution in [0.5, 0.6) is 5.75 Å². The van der Waals surface area contributed by atoms with Crippen molar-refractivity contribution in [2.24, 2.45) is 5.92 Å². The Bertz CT molecular complexity index is 519. The molecule has 5 nitrogen and oxygen atoms in total. The third kappa shape index (κ3) is 5.84. The van der Waals surface area contributed by atoms with E-state index >= 15 is 0 Å². The summed E-state index contributed by atoms with van der Waals surface area (Å²) in [6.07, 6.45) is -0.498. The van der Waals surface area contributed by atoms with Crippen LogP contribution < -0.4 is 4.74 Å². The second-order valence-electron chi connectivity index (χ2n) is 6.71. The van der Waals surface area contributed by atoms with Crippen molar-refractivity contribution < 1.29 is 14.6 Å². The highest BCUT2D eigenvalue weighted by Crippen LogP contribution is 2.17. The predicted molar refractivity (Wildman–Crippen MR) is 90.3 cm³/mol. The number of carbonyl (C=O) groups excluding carboxylic acids is 1. The zero-order valence-corrected chi connectivity index (χ0v) is 14.4. The zero-order chi connectivity index (χ0) is 16.8. The number of hydrogen-bond donors (Lipinski definition) is 1. The monoisotopic (exact) mass is 320 g/mol. The third-order valence-electron chi connectivity index (χ3n) is 3.92. The molecule has 0 saturated carbocycles. The first kappa shape index (κ1) is 17.8. The number of benzene rings is 1. The average molecular weight is 320 g/mol. The summed E-state index contributed by atoms with van der Waals surface area (Å²) >= 11 is 0. The maximum absolute atomic E-state index is 11.5. The quantitative estimate of drug-likeness (QED) is 0.898. The standard InChI is InChI=1S/C18H28N2O3/c1-14(2)13-23-18-6-4-5-16(9-18)10-19-7-8-20(15(3)21)12-17(22)11-19/h4-6,9,14,17,22H,7-8,10-13H2,1-3H3/t17-/m0/s1. The number of rotatable bonds is 5. The van der Waals surface area contributed by atoms with E-state index in [2.05, 4.69) is 30.9 Å². The summed E-state index contributed by atoms with van der Waals surface area (Å²) in [6.45, 7) is 9.71. The first-order valence-corrected chi connectivity index (χ1v) is 8.31. The molecule has 1 aromatic carbocycles. The number of amides is 1. The van der Waals surface area contributed by atoms with Gasteiger partial charge in [0.1, 0.15) is 5.75 Å². The molecule has 1 aromatic rings. The Morgan fingerprint density at radius 2 is 2.13 bits per heavy atom. The lowest BCUT2D eigenvalue weighted by Gasteiger charge is -2.21. The van der Waals surface area contributed by atoms with Crippen molar-refractivity contribution in [3.8, 4) is 5.75 Å². The first-order chi connectivity index (χ1) is 10.9. The molecule has 23 heavy (non-hydrogen) atoms. The van der Waals surface area contributed by atoms with Gasteiger partial charge in [-0.25, -0.2) is 0 Å². The molecule has 5 heteroatoms. The maximum atomic E-state index is 11.5. The van der Waals surface area contributed by atoms with Crippen molar-refractivity contribution in [3.05, 3.63) is 29.8 Å². The van der Waals surface area contributed by atoms with Gasteiger partial charge >= 0.3 is 0 Å². The van der Waals surface area contributed by atoms with Crippen LogP contribution in [-0.2, 0) is 11.3 Å². The van der Waals surface area contributed by atoms with E-state index in [0.717, 1.165) is 24.4 Å². The van der Waals surface area contributed by atoms with Crippen LogP contribution >= 0.6 is 0 Å². The van der Waals surface area contributed by atoms with Crippen LogP contribution in [0, 0.1) is 5.92 Å². The minimum absolute atomic E-state index is 0.0231. The Kier molecular flexibility index (Phi) is 6.42. The molecule has 128 valence electrons. The predicted octanol–water partition coefficient (Wildman–Crippen LogP) is 1.75. The van der Waals surface area contributed by atoms with Gasteiger partial charge in [-0.05, 0) is 23.6 Å². The molecule has 1 aliphatic rings. The summed E-state index contributed by atoms with van der Waals surface area (Å²) in [7, 11) is 0. The number of ether oxygens (including phenoxy) is 1. The molecule has 2 rings (SSSR count). The summed E-state index contributed by atoms with van der Waals surface area (Å²) < 4.78 is 5.77. The molecule has 1 heterocycles. The number of carbonyl (C=O) groups is 1. The van der Waals surface area contributed by atoms with E-state index < -0.39 is 6.10 Å². The van der Waals surface area contributed by atoms with E-state index in [1.54, 1.807) is 11.8 Å². The van der Waals surface area contributed by atoms with Gasteiger partial charge in [-0.15, -0.1) is 0 Å². The van der Waals surface area contributed by atoms with Crippen LogP contribution in [0.1, 0.15) is 26.3 Å². The number of aliphatic hydroxyl groups excluding tert-OH is 1. The van der Waals surface area contributed by atoms with Crippen molar-refractivity contribution in [3.63, 3.8) is 0 Å². The van der Waals surface area contributed by atoms with E-state index in [4.69, 9.17) is 4.74 Å². The van der Waals surface area contributed by atoms with Gasteiger partial charge in [0.15, 0.2) is 0 Å². The van der Waals surface area contributed by atoms with Crippen LogP contribution in [0.4, 0.5) is 0 Å². The zero-order valence-electron chi connectivity index (χ0n) is 14.4. The van der Waals surface area contributed by atoms with Gasteiger partial charge < -0.3 is 14.7 Å². The smallest absolute Gasteiger partial charge is 0.219 e. The molecule has 1 amide bonds. The Labute approximate surface area is 138 Å². The van der Waals surface area contributed by atoms with E-state index in [9.17, 15) is 9.90 Å². The maximum Gasteiger partial charge on any atom is 0.219 e. The summed E-state index contributed by atoms with van der Waals surface area (Å²) in [6, 6.07) is 8.10. The van der Waals surface area contributed by atoms with Crippen molar-refractivity contribution in [2.45, 2.75) is 33.4 Å². The Hall–Kier alpha value is -1.59. The van der Waals surface area contributed by atoms with Gasteiger partial charge in [0.2, 0.25) is 5.91 Å². The molecule has 0 radical (unpaired) electrons. The van der Waals surface area contributed by atoms with E-state index in [0.29, 0.717) is 32.2 Å². The molecule has 1 atom stereocenters. The fraction of sp³-hybridized carbons (Fsp3) is 0.611. The Morgan fingerprint density at radius 3 is 2.83 bits per heavy atom. The number of aliphatic hydroxyl groups is 1. The number of β-amino-alcohol motifs (C(OH)–C–C–N with tert-alkyl or cyclic N) is 1. The van der Waals surface area contributed by atoms with E-state index in [1.807, 2.05) is 12.1 Å². The molecule has 0 aliphatic carbocycles. The summed E-state index contributed by atoms with van der Waals surface area (Å²) in [5.74, 6) is 1.41. The van der Waals surface area contributed by atoms with Gasteiger partial charge in [-0.3, -0.25) is 9.69 Å². The van der Waals surface area contributed by atoms with Crippen LogP contribution in [0.2, 0.25) is 0 Å². The molecular weight excluding hydrogens is 292 g/mol. The van der Waals surface area contributed by atoms with Crippen LogP contribution in [-0.4, -0.2) is 59.7 Å². The van der Waals surface area contributed by atoms with Gasteiger partial charge in [-0.2, -0.15) is 0 Å². The van der Waals surface area contributed by atoms with E-state index in [-0.39, 0.29) is 5.91 Å². The topological polar surface area (TPSA) is 53.0 Å². The normalized spacial score (nSPS) is 19.7. The third-order valence-corrected chi connectivity index (χ3v) is 3.92. The molecule has 1 saturated heterocycles. The average Bonchev–Trinajstić information content (AvgIpc) is 2.67. The Balaban J connectivity index is 1.95. The van der Waals surface area contributed by atoms with E-state index in [1.165, 1.54) is 0 Å². The molecule has 0 spiro atoms. The number of nitrogens with zero attached hydrogens (tertiary/aromatic N) is 2. The lowest BCUT2D eigenvalue weighted by Crippen LogP contribution is -2.36. The van der Waals surface area contributed by atoms with Crippen LogP contribution in [0.3, 0.4) is 0 Å². The molecule has 1 fully saturated rings. The lowest BCUT2D eigenvalue weighted by molar-refractivity contribution is -0.129. The molecule has 0 unspecified atom stereocenters. The minimum atomic E-state index is -0.498. The Morgan fingerprint density at radius 1 is 1.35 bits per heavy atom. The molecule has 0 bridgehead atoms. The van der Waals surface area contributed by atoms with Crippen LogP contribution in [0.15, 0.2) is 24.3 Å². The van der Waals surface area contributed by atoms with Crippen molar-refractivity contribution in [1.82, 2.24) is 9.80 Å². The highest BCUT2D eigenvalue weighted by molar-refractivity contribution is 5.73. The second kappa shape index (κ2) is 8.31. The molecule has 1 aliphatic heterocycles. The fourth-order valence-electron chi connectivity index (χ4n) is 2.74. The van der Waals surface area contributed by atoms with Gasteiger partial charge in [0.25, 0.3) is 0 Å². The molecule has 0 aromatic heterocycles. The highest BCUT2D eigenvalue weighted by atomic mass is 16.5. The molecule has 1 N–H and O–H groups in total. The van der Waals surface area contributed by atoms with Crippen molar-refractivity contribution in [1.29, 1.82) is 0 Å². The van der Waals surface area contributed by atoms with Gasteiger partial charge in [0, 0.05) is 39.6 Å². The summed E-state index contributed by atoms with van der Waals surface area (Å²) in [5.41, 5.74) is 1.16. The lowest BCUT2D eigenvalue weighted by atomic mass is 10.2. The summed E-state index contributed by atoms with van der Waals surface area (Å²) in [5, 5.41) is 10.1. The second-order valence-corrected chi connectivity index (χ2v) is 6.71. The minimum Gasteiger partial charge on any atom is -0.493 e.